The summed E-state index contributed by atoms with van der Waals surface area (Å²) in [5.41, 5.74) is 1.32. The lowest BCUT2D eigenvalue weighted by atomic mass is 10.3. The molecule has 3 aromatic heterocycles. The van der Waals surface area contributed by atoms with Gasteiger partial charge in [0.2, 0.25) is 0 Å². The molecule has 3 aromatic rings. The van der Waals surface area contributed by atoms with Crippen molar-refractivity contribution in [2.24, 2.45) is 0 Å². The van der Waals surface area contributed by atoms with Crippen molar-refractivity contribution in [3.05, 3.63) is 64.8 Å². The highest BCUT2D eigenvalue weighted by molar-refractivity contribution is 7.07. The number of aromatic amines is 1. The molecule has 98 valence electrons. The van der Waals surface area contributed by atoms with Crippen molar-refractivity contribution in [2.75, 3.05) is 0 Å². The number of aromatic nitrogens is 2. The lowest BCUT2D eigenvalue weighted by Crippen LogP contribution is -2.22. The molecule has 0 aromatic carbocycles. The maximum atomic E-state index is 5.43. The Morgan fingerprint density at radius 2 is 2.26 bits per heavy atom. The molecule has 0 radical (unpaired) electrons. The van der Waals surface area contributed by atoms with Crippen LogP contribution in [0.4, 0.5) is 0 Å². The molecule has 0 fully saturated rings. The molecule has 0 saturated heterocycles. The summed E-state index contributed by atoms with van der Waals surface area (Å²) >= 11 is 1.72. The van der Waals surface area contributed by atoms with Gasteiger partial charge in [0.15, 0.2) is 0 Å². The van der Waals surface area contributed by atoms with Gasteiger partial charge in [0.25, 0.3) is 0 Å². The number of nitrogens with one attached hydrogen (secondary N) is 1. The molecule has 0 amide bonds. The van der Waals surface area contributed by atoms with Gasteiger partial charge in [-0.15, -0.1) is 0 Å². The molecular formula is C14H15N3OS. The highest BCUT2D eigenvalue weighted by Gasteiger charge is 2.11. The lowest BCUT2D eigenvalue weighted by Gasteiger charge is -2.19. The van der Waals surface area contributed by atoms with E-state index in [1.165, 1.54) is 5.56 Å². The normalized spacial score (nSPS) is 11.2. The molecule has 0 saturated carbocycles. The molecule has 3 rings (SSSR count). The molecule has 0 aliphatic rings. The topological polar surface area (TPSA) is 45.1 Å². The third kappa shape index (κ3) is 3.33. The van der Waals surface area contributed by atoms with Crippen molar-refractivity contribution in [3.8, 4) is 0 Å². The van der Waals surface area contributed by atoms with E-state index in [9.17, 15) is 0 Å². The van der Waals surface area contributed by atoms with Gasteiger partial charge in [-0.05, 0) is 34.5 Å². The van der Waals surface area contributed by atoms with Crippen LogP contribution in [0.25, 0.3) is 0 Å². The molecule has 5 heteroatoms. The van der Waals surface area contributed by atoms with Crippen molar-refractivity contribution >= 4 is 11.3 Å². The van der Waals surface area contributed by atoms with Gasteiger partial charge >= 0.3 is 0 Å². The summed E-state index contributed by atoms with van der Waals surface area (Å²) in [6.45, 7) is 2.46. The van der Waals surface area contributed by atoms with E-state index in [0.29, 0.717) is 0 Å². The van der Waals surface area contributed by atoms with Crippen LogP contribution in [0, 0.1) is 0 Å². The van der Waals surface area contributed by atoms with Gasteiger partial charge in [-0.1, -0.05) is 0 Å². The zero-order chi connectivity index (χ0) is 12.9. The van der Waals surface area contributed by atoms with Gasteiger partial charge in [-0.25, -0.2) is 4.98 Å². The molecule has 0 bridgehead atoms. The Kier molecular flexibility index (Phi) is 3.76. The summed E-state index contributed by atoms with van der Waals surface area (Å²) in [5, 5.41) is 4.28. The predicted molar refractivity (Wildman–Crippen MR) is 74.6 cm³/mol. The smallest absolute Gasteiger partial charge is 0.120 e. The van der Waals surface area contributed by atoms with E-state index in [1.54, 1.807) is 23.8 Å². The Morgan fingerprint density at radius 1 is 1.26 bits per heavy atom. The fourth-order valence-electron chi connectivity index (χ4n) is 2.03. The SMILES string of the molecule is c1coc(CN(Cc2ccsc2)Cc2ncc[nH]2)c1. The minimum absolute atomic E-state index is 0.781. The summed E-state index contributed by atoms with van der Waals surface area (Å²) in [6.07, 6.45) is 5.35. The molecule has 1 N–H and O–H groups in total. The first-order valence-electron chi connectivity index (χ1n) is 6.14. The van der Waals surface area contributed by atoms with Crippen molar-refractivity contribution in [3.63, 3.8) is 0 Å². The van der Waals surface area contributed by atoms with E-state index in [2.05, 4.69) is 31.7 Å². The summed E-state index contributed by atoms with van der Waals surface area (Å²) in [5.74, 6) is 1.95. The molecule has 0 unspecified atom stereocenters. The minimum atomic E-state index is 0.781. The average Bonchev–Trinajstić information content (AvgIpc) is 3.10. The van der Waals surface area contributed by atoms with E-state index in [4.69, 9.17) is 4.42 Å². The third-order valence-corrected chi connectivity index (χ3v) is 3.61. The van der Waals surface area contributed by atoms with Gasteiger partial charge in [0.05, 0.1) is 19.4 Å². The molecule has 0 spiro atoms. The van der Waals surface area contributed by atoms with Crippen molar-refractivity contribution in [2.45, 2.75) is 19.6 Å². The number of hydrogen-bond donors (Lipinski definition) is 1. The van der Waals surface area contributed by atoms with Crippen LogP contribution in [0.15, 0.2) is 52.0 Å². The number of H-pyrrole nitrogens is 1. The van der Waals surface area contributed by atoms with Gasteiger partial charge in [-0.2, -0.15) is 11.3 Å². The standard InChI is InChI=1S/C14H15N3OS/c1-2-13(18-6-1)9-17(8-12-3-7-19-11-12)10-14-15-4-5-16-14/h1-7,11H,8-10H2,(H,15,16). The molecule has 0 atom stereocenters. The van der Waals surface area contributed by atoms with Crippen LogP contribution in [-0.2, 0) is 19.6 Å². The first-order valence-corrected chi connectivity index (χ1v) is 7.08. The molecule has 0 aliphatic carbocycles. The van der Waals surface area contributed by atoms with Crippen LogP contribution in [0.1, 0.15) is 17.1 Å². The summed E-state index contributed by atoms with van der Waals surface area (Å²) in [4.78, 5) is 9.74. The molecule has 3 heterocycles. The first kappa shape index (κ1) is 12.2. The molecule has 4 nitrogen and oxygen atoms in total. The van der Waals surface area contributed by atoms with Gasteiger partial charge in [-0.3, -0.25) is 4.90 Å². The number of imidazole rings is 1. The van der Waals surface area contributed by atoms with Crippen molar-refractivity contribution in [1.29, 1.82) is 0 Å². The van der Waals surface area contributed by atoms with Gasteiger partial charge < -0.3 is 9.40 Å². The summed E-state index contributed by atoms with van der Waals surface area (Å²) in [7, 11) is 0. The Hall–Kier alpha value is -1.85. The van der Waals surface area contributed by atoms with Crippen LogP contribution < -0.4 is 0 Å². The maximum Gasteiger partial charge on any atom is 0.120 e. The first-order chi connectivity index (χ1) is 9.40. The van der Waals surface area contributed by atoms with E-state index in [-0.39, 0.29) is 0 Å². The Morgan fingerprint density at radius 3 is 2.95 bits per heavy atom. The van der Waals surface area contributed by atoms with Gasteiger partial charge in [0, 0.05) is 18.9 Å². The summed E-state index contributed by atoms with van der Waals surface area (Å²) in [6, 6.07) is 6.08. The van der Waals surface area contributed by atoms with E-state index in [0.717, 1.165) is 31.2 Å². The number of nitrogens with zero attached hydrogens (tertiary/aromatic N) is 2. The highest BCUT2D eigenvalue weighted by atomic mass is 32.1. The zero-order valence-electron chi connectivity index (χ0n) is 10.5. The lowest BCUT2D eigenvalue weighted by molar-refractivity contribution is 0.222. The second-order valence-electron chi connectivity index (χ2n) is 4.39. The Labute approximate surface area is 115 Å². The van der Waals surface area contributed by atoms with Crippen molar-refractivity contribution < 1.29 is 4.42 Å². The monoisotopic (exact) mass is 273 g/mol. The quantitative estimate of drug-likeness (QED) is 0.749. The van der Waals surface area contributed by atoms with E-state index >= 15 is 0 Å². The Bertz CT molecular complexity index is 486. The van der Waals surface area contributed by atoms with Crippen LogP contribution in [0.5, 0.6) is 0 Å². The predicted octanol–water partition coefficient (Wildman–Crippen LogP) is 3.27. The number of thiophene rings is 1. The van der Waals surface area contributed by atoms with Crippen molar-refractivity contribution in [1.82, 2.24) is 14.9 Å². The van der Waals surface area contributed by atoms with Crippen LogP contribution in [0.3, 0.4) is 0 Å². The third-order valence-electron chi connectivity index (χ3n) is 2.87. The highest BCUT2D eigenvalue weighted by Crippen LogP contribution is 2.14. The van der Waals surface area contributed by atoms with E-state index < -0.39 is 0 Å². The van der Waals surface area contributed by atoms with Crippen LogP contribution in [-0.4, -0.2) is 14.9 Å². The van der Waals surface area contributed by atoms with Gasteiger partial charge in [0.1, 0.15) is 11.6 Å². The van der Waals surface area contributed by atoms with Crippen LogP contribution in [0.2, 0.25) is 0 Å². The average molecular weight is 273 g/mol. The largest absolute Gasteiger partial charge is 0.468 e. The molecule has 0 aliphatic heterocycles. The maximum absolute atomic E-state index is 5.43. The van der Waals surface area contributed by atoms with E-state index in [1.807, 2.05) is 18.3 Å². The molecule has 19 heavy (non-hydrogen) atoms. The summed E-state index contributed by atoms with van der Waals surface area (Å²) < 4.78 is 5.43. The fourth-order valence-corrected chi connectivity index (χ4v) is 2.69. The second-order valence-corrected chi connectivity index (χ2v) is 5.17. The minimum Gasteiger partial charge on any atom is -0.468 e. The fraction of sp³-hybridized carbons (Fsp3) is 0.214. The number of hydrogen-bond acceptors (Lipinski definition) is 4. The zero-order valence-corrected chi connectivity index (χ0v) is 11.3. The van der Waals surface area contributed by atoms with Crippen LogP contribution >= 0.6 is 11.3 Å². The Balaban J connectivity index is 1.70. The number of furan rings is 1. The molecular weight excluding hydrogens is 258 g/mol. The number of rotatable bonds is 6. The second kappa shape index (κ2) is 5.86.